The van der Waals surface area contributed by atoms with Gasteiger partial charge < -0.3 is 9.63 Å². The highest BCUT2D eigenvalue weighted by Gasteiger charge is 2.22. The molecule has 1 atom stereocenters. The Kier molecular flexibility index (Phi) is 1.48. The zero-order valence-corrected chi connectivity index (χ0v) is 5.53. The third kappa shape index (κ3) is 1.02. The second kappa shape index (κ2) is 2.16. The van der Waals surface area contributed by atoms with Gasteiger partial charge in [0, 0.05) is 6.07 Å². The second-order valence-corrected chi connectivity index (χ2v) is 2.10. The molecular weight excluding hydrogens is 130 g/mol. The summed E-state index contributed by atoms with van der Waals surface area (Å²) in [6, 6.07) is 1.53. The van der Waals surface area contributed by atoms with E-state index in [0.717, 1.165) is 0 Å². The summed E-state index contributed by atoms with van der Waals surface area (Å²) < 4.78 is 4.50. The van der Waals surface area contributed by atoms with E-state index in [4.69, 9.17) is 6.42 Å². The molecule has 3 nitrogen and oxygen atoms in total. The lowest BCUT2D eigenvalue weighted by molar-refractivity contribution is 0.113. The first kappa shape index (κ1) is 6.84. The molecule has 0 aromatic carbocycles. The van der Waals surface area contributed by atoms with E-state index in [0.29, 0.717) is 5.69 Å². The van der Waals surface area contributed by atoms with Crippen LogP contribution in [0.4, 0.5) is 0 Å². The van der Waals surface area contributed by atoms with Gasteiger partial charge in [-0.3, -0.25) is 0 Å². The van der Waals surface area contributed by atoms with Gasteiger partial charge in [-0.05, 0) is 6.92 Å². The van der Waals surface area contributed by atoms with E-state index in [-0.39, 0.29) is 0 Å². The van der Waals surface area contributed by atoms with Crippen LogP contribution in [0.2, 0.25) is 0 Å². The van der Waals surface area contributed by atoms with E-state index in [2.05, 4.69) is 15.6 Å². The zero-order valence-electron chi connectivity index (χ0n) is 5.53. The van der Waals surface area contributed by atoms with Crippen LogP contribution in [0.1, 0.15) is 12.6 Å². The number of aromatic nitrogens is 1. The first-order valence-corrected chi connectivity index (χ1v) is 2.78. The predicted octanol–water partition coefficient (Wildman–Crippen LogP) is 0.515. The Hall–Kier alpha value is -1.27. The molecule has 1 aromatic rings. The van der Waals surface area contributed by atoms with Gasteiger partial charge in [0.1, 0.15) is 12.0 Å². The van der Waals surface area contributed by atoms with Crippen LogP contribution in [0.5, 0.6) is 0 Å². The summed E-state index contributed by atoms with van der Waals surface area (Å²) in [5.41, 5.74) is -0.956. The zero-order chi connectivity index (χ0) is 7.61. The monoisotopic (exact) mass is 137 g/mol. The van der Waals surface area contributed by atoms with Crippen molar-refractivity contribution in [2.75, 3.05) is 0 Å². The second-order valence-electron chi connectivity index (χ2n) is 2.10. The lowest BCUT2D eigenvalue weighted by Crippen LogP contribution is -2.18. The Labute approximate surface area is 58.6 Å². The first-order valence-electron chi connectivity index (χ1n) is 2.78. The minimum Gasteiger partial charge on any atom is -0.372 e. The summed E-state index contributed by atoms with van der Waals surface area (Å²) in [4.78, 5) is 0. The molecule has 1 aromatic heterocycles. The maximum atomic E-state index is 9.32. The van der Waals surface area contributed by atoms with Crippen molar-refractivity contribution >= 4 is 0 Å². The number of terminal acetylenes is 1. The molecule has 1 N–H and O–H groups in total. The third-order valence-electron chi connectivity index (χ3n) is 1.22. The fraction of sp³-hybridized carbons (Fsp3) is 0.286. The van der Waals surface area contributed by atoms with Gasteiger partial charge in [0.05, 0.1) is 0 Å². The molecule has 0 radical (unpaired) electrons. The van der Waals surface area contributed by atoms with Crippen LogP contribution in [0.25, 0.3) is 0 Å². The quantitative estimate of drug-likeness (QED) is 0.574. The van der Waals surface area contributed by atoms with E-state index >= 15 is 0 Å². The molecule has 1 rings (SSSR count). The SMILES string of the molecule is C#CC(C)(O)c1ccon1. The highest BCUT2D eigenvalue weighted by molar-refractivity contribution is 5.19. The van der Waals surface area contributed by atoms with E-state index in [1.54, 1.807) is 0 Å². The van der Waals surface area contributed by atoms with Crippen LogP contribution in [0.15, 0.2) is 16.9 Å². The van der Waals surface area contributed by atoms with E-state index in [9.17, 15) is 5.11 Å². The van der Waals surface area contributed by atoms with Crippen molar-refractivity contribution in [1.29, 1.82) is 0 Å². The Balaban J connectivity index is 2.99. The lowest BCUT2D eigenvalue weighted by atomic mass is 10.1. The van der Waals surface area contributed by atoms with Crippen molar-refractivity contribution in [3.63, 3.8) is 0 Å². The van der Waals surface area contributed by atoms with E-state index < -0.39 is 5.60 Å². The summed E-state index contributed by atoms with van der Waals surface area (Å²) in [5.74, 6) is 2.18. The molecule has 0 saturated heterocycles. The fourth-order valence-electron chi connectivity index (χ4n) is 0.538. The fourth-order valence-corrected chi connectivity index (χ4v) is 0.538. The molecule has 10 heavy (non-hydrogen) atoms. The molecule has 0 fully saturated rings. The lowest BCUT2D eigenvalue weighted by Gasteiger charge is -2.10. The molecule has 3 heteroatoms. The van der Waals surface area contributed by atoms with Crippen LogP contribution >= 0.6 is 0 Å². The Bertz CT molecular complexity index is 243. The standard InChI is InChI=1S/C7H7NO2/c1-3-7(2,9)6-4-5-10-8-6/h1,4-5,9H,2H3. The largest absolute Gasteiger partial charge is 0.372 e. The minimum atomic E-state index is -1.31. The van der Waals surface area contributed by atoms with Crippen molar-refractivity contribution in [3.05, 3.63) is 18.0 Å². The molecule has 0 aliphatic rings. The van der Waals surface area contributed by atoms with Gasteiger partial charge in [0.25, 0.3) is 0 Å². The van der Waals surface area contributed by atoms with E-state index in [1.165, 1.54) is 19.3 Å². The van der Waals surface area contributed by atoms with Gasteiger partial charge in [-0.2, -0.15) is 0 Å². The minimum absolute atomic E-state index is 0.356. The maximum absolute atomic E-state index is 9.32. The Morgan fingerprint density at radius 2 is 2.60 bits per heavy atom. The molecule has 0 spiro atoms. The highest BCUT2D eigenvalue weighted by atomic mass is 16.5. The molecule has 0 bridgehead atoms. The van der Waals surface area contributed by atoms with Gasteiger partial charge in [-0.1, -0.05) is 11.1 Å². The molecule has 1 unspecified atom stereocenters. The average molecular weight is 137 g/mol. The van der Waals surface area contributed by atoms with Gasteiger partial charge in [0.15, 0.2) is 5.60 Å². The highest BCUT2D eigenvalue weighted by Crippen LogP contribution is 2.15. The third-order valence-corrected chi connectivity index (χ3v) is 1.22. The Morgan fingerprint density at radius 3 is 3.00 bits per heavy atom. The number of rotatable bonds is 1. The maximum Gasteiger partial charge on any atom is 0.168 e. The predicted molar refractivity (Wildman–Crippen MR) is 34.9 cm³/mol. The first-order chi connectivity index (χ1) is 4.67. The van der Waals surface area contributed by atoms with Crippen molar-refractivity contribution in [2.45, 2.75) is 12.5 Å². The average Bonchev–Trinajstić information content (AvgIpc) is 2.38. The van der Waals surface area contributed by atoms with Crippen LogP contribution in [-0.4, -0.2) is 10.3 Å². The molecule has 0 saturated carbocycles. The van der Waals surface area contributed by atoms with Crippen LogP contribution < -0.4 is 0 Å². The molecular formula is C7H7NO2. The topological polar surface area (TPSA) is 46.3 Å². The number of hydrogen-bond acceptors (Lipinski definition) is 3. The van der Waals surface area contributed by atoms with Gasteiger partial charge in [0.2, 0.25) is 0 Å². The van der Waals surface area contributed by atoms with E-state index in [1.807, 2.05) is 0 Å². The molecule has 0 aliphatic heterocycles. The summed E-state index contributed by atoms with van der Waals surface area (Å²) in [7, 11) is 0. The summed E-state index contributed by atoms with van der Waals surface area (Å²) in [6.07, 6.45) is 6.38. The van der Waals surface area contributed by atoms with Gasteiger partial charge in [-0.15, -0.1) is 6.42 Å². The van der Waals surface area contributed by atoms with Crippen molar-refractivity contribution < 1.29 is 9.63 Å². The van der Waals surface area contributed by atoms with Crippen LogP contribution in [0, 0.1) is 12.3 Å². The summed E-state index contributed by atoms with van der Waals surface area (Å²) >= 11 is 0. The van der Waals surface area contributed by atoms with Crippen molar-refractivity contribution in [1.82, 2.24) is 5.16 Å². The van der Waals surface area contributed by atoms with Crippen LogP contribution in [-0.2, 0) is 5.60 Å². The smallest absolute Gasteiger partial charge is 0.168 e. The van der Waals surface area contributed by atoms with Crippen molar-refractivity contribution in [3.8, 4) is 12.3 Å². The van der Waals surface area contributed by atoms with Gasteiger partial charge >= 0.3 is 0 Å². The number of hydrogen-bond donors (Lipinski definition) is 1. The number of nitrogens with zero attached hydrogens (tertiary/aromatic N) is 1. The summed E-state index contributed by atoms with van der Waals surface area (Å²) in [5, 5.41) is 12.8. The molecule has 0 amide bonds. The van der Waals surface area contributed by atoms with Crippen molar-refractivity contribution in [2.24, 2.45) is 0 Å². The Morgan fingerprint density at radius 1 is 1.90 bits per heavy atom. The number of aliphatic hydroxyl groups is 1. The summed E-state index contributed by atoms with van der Waals surface area (Å²) in [6.45, 7) is 1.48. The normalized spacial score (nSPS) is 15.7. The molecule has 1 heterocycles. The molecule has 52 valence electrons. The molecule has 0 aliphatic carbocycles. The van der Waals surface area contributed by atoms with Crippen LogP contribution in [0.3, 0.4) is 0 Å². The van der Waals surface area contributed by atoms with Gasteiger partial charge in [-0.25, -0.2) is 0 Å².